The molecule has 1 saturated heterocycles. The number of carbonyl (C=O) groups excluding carboxylic acids is 1. The molecule has 0 spiro atoms. The number of amides is 1. The van der Waals surface area contributed by atoms with Crippen molar-refractivity contribution in [2.24, 2.45) is 7.05 Å². The lowest BCUT2D eigenvalue weighted by Gasteiger charge is -2.34. The normalized spacial score (nSPS) is 17.8. The number of nitrogens with zero attached hydrogens (tertiary/aromatic N) is 5. The van der Waals surface area contributed by atoms with Crippen molar-refractivity contribution in [3.8, 4) is 0 Å². The zero-order valence-electron chi connectivity index (χ0n) is 14.4. The van der Waals surface area contributed by atoms with Crippen LogP contribution in [0.3, 0.4) is 0 Å². The van der Waals surface area contributed by atoms with Crippen LogP contribution in [0.25, 0.3) is 0 Å². The number of aryl methyl sites for hydroxylation is 3. The van der Waals surface area contributed by atoms with Gasteiger partial charge in [0.1, 0.15) is 11.9 Å². The maximum Gasteiger partial charge on any atom is 0.258 e. The maximum absolute atomic E-state index is 13.0. The van der Waals surface area contributed by atoms with Crippen LogP contribution in [0.5, 0.6) is 0 Å². The van der Waals surface area contributed by atoms with Gasteiger partial charge in [0, 0.05) is 38.6 Å². The lowest BCUT2D eigenvalue weighted by Crippen LogP contribution is -2.44. The molecule has 8 nitrogen and oxygen atoms in total. The van der Waals surface area contributed by atoms with E-state index in [-0.39, 0.29) is 11.9 Å². The van der Waals surface area contributed by atoms with Crippen LogP contribution in [0.1, 0.15) is 33.6 Å². The Kier molecular flexibility index (Phi) is 4.48. The molecule has 3 rings (SSSR count). The molecule has 0 radical (unpaired) electrons. The largest absolute Gasteiger partial charge is 0.377 e. The second kappa shape index (κ2) is 6.56. The average molecular weight is 330 g/mol. The fourth-order valence-electron chi connectivity index (χ4n) is 2.89. The first-order chi connectivity index (χ1) is 11.5. The minimum atomic E-state index is -0.308. The van der Waals surface area contributed by atoms with E-state index in [1.165, 1.54) is 0 Å². The zero-order chi connectivity index (χ0) is 17.3. The van der Waals surface area contributed by atoms with E-state index < -0.39 is 0 Å². The Balaban J connectivity index is 1.95. The van der Waals surface area contributed by atoms with Gasteiger partial charge in [-0.1, -0.05) is 0 Å². The molecule has 24 heavy (non-hydrogen) atoms. The van der Waals surface area contributed by atoms with E-state index in [9.17, 15) is 4.79 Å². The van der Waals surface area contributed by atoms with Crippen molar-refractivity contribution in [2.75, 3.05) is 32.1 Å². The summed E-state index contributed by atoms with van der Waals surface area (Å²) < 4.78 is 7.24. The molecule has 1 fully saturated rings. The summed E-state index contributed by atoms with van der Waals surface area (Å²) in [6.07, 6.45) is 1.75. The lowest BCUT2D eigenvalue weighted by atomic mass is 10.1. The third kappa shape index (κ3) is 3.09. The Hall–Kier alpha value is -2.48. The molecule has 0 saturated carbocycles. The van der Waals surface area contributed by atoms with Crippen LogP contribution in [0, 0.1) is 13.8 Å². The maximum atomic E-state index is 13.0. The second-order valence-corrected chi connectivity index (χ2v) is 5.89. The Labute approximate surface area is 140 Å². The fraction of sp³-hybridized carbons (Fsp3) is 0.500. The molecule has 3 heterocycles. The van der Waals surface area contributed by atoms with Crippen LogP contribution >= 0.6 is 0 Å². The molecule has 0 aliphatic carbocycles. The van der Waals surface area contributed by atoms with E-state index in [0.717, 1.165) is 11.5 Å². The molecule has 1 amide bonds. The van der Waals surface area contributed by atoms with Gasteiger partial charge in [-0.25, -0.2) is 9.97 Å². The minimum Gasteiger partial charge on any atom is -0.377 e. The third-order valence-corrected chi connectivity index (χ3v) is 4.06. The van der Waals surface area contributed by atoms with Gasteiger partial charge >= 0.3 is 0 Å². The highest BCUT2D eigenvalue weighted by atomic mass is 16.5. The monoisotopic (exact) mass is 330 g/mol. The number of rotatable bonds is 3. The summed E-state index contributed by atoms with van der Waals surface area (Å²) >= 11 is 0. The molecule has 1 N–H and O–H groups in total. The highest BCUT2D eigenvalue weighted by Gasteiger charge is 2.33. The second-order valence-electron chi connectivity index (χ2n) is 5.89. The number of carbonyl (C=O) groups is 1. The first-order valence-corrected chi connectivity index (χ1v) is 7.92. The molecule has 2 aromatic rings. The van der Waals surface area contributed by atoms with Crippen LogP contribution < -0.4 is 5.32 Å². The summed E-state index contributed by atoms with van der Waals surface area (Å²) in [5.41, 5.74) is 2.17. The molecule has 128 valence electrons. The summed E-state index contributed by atoms with van der Waals surface area (Å²) in [5.74, 6) is 1.26. The number of nitrogens with one attached hydrogen (secondary N) is 1. The summed E-state index contributed by atoms with van der Waals surface area (Å²) in [4.78, 5) is 23.8. The predicted octanol–water partition coefficient (Wildman–Crippen LogP) is 1.08. The molecule has 2 aromatic heterocycles. The predicted molar refractivity (Wildman–Crippen MR) is 88.9 cm³/mol. The molecule has 8 heteroatoms. The van der Waals surface area contributed by atoms with Gasteiger partial charge in [-0.15, -0.1) is 0 Å². The molecule has 1 aliphatic rings. The van der Waals surface area contributed by atoms with E-state index in [1.54, 1.807) is 15.8 Å². The highest BCUT2D eigenvalue weighted by Crippen LogP contribution is 2.25. The first-order valence-electron chi connectivity index (χ1n) is 7.92. The van der Waals surface area contributed by atoms with Gasteiger partial charge in [0.25, 0.3) is 5.91 Å². The first kappa shape index (κ1) is 16.4. The van der Waals surface area contributed by atoms with E-state index in [0.29, 0.717) is 36.8 Å². The third-order valence-electron chi connectivity index (χ3n) is 4.06. The number of hydrogen-bond donors (Lipinski definition) is 1. The Morgan fingerprint density at radius 1 is 1.38 bits per heavy atom. The quantitative estimate of drug-likeness (QED) is 0.906. The van der Waals surface area contributed by atoms with Gasteiger partial charge in [-0.05, 0) is 13.8 Å². The molecular weight excluding hydrogens is 308 g/mol. The fourth-order valence-corrected chi connectivity index (χ4v) is 2.89. The van der Waals surface area contributed by atoms with Crippen molar-refractivity contribution < 1.29 is 9.53 Å². The molecule has 1 atom stereocenters. The van der Waals surface area contributed by atoms with Gasteiger partial charge in [-0.3, -0.25) is 9.48 Å². The number of anilines is 1. The van der Waals surface area contributed by atoms with Crippen LogP contribution in [0.4, 0.5) is 5.82 Å². The van der Waals surface area contributed by atoms with E-state index in [4.69, 9.17) is 4.74 Å². The van der Waals surface area contributed by atoms with Crippen LogP contribution in [-0.4, -0.2) is 57.4 Å². The van der Waals surface area contributed by atoms with Crippen molar-refractivity contribution in [1.29, 1.82) is 0 Å². The highest BCUT2D eigenvalue weighted by molar-refractivity contribution is 5.95. The minimum absolute atomic E-state index is 0.0648. The van der Waals surface area contributed by atoms with Crippen molar-refractivity contribution in [1.82, 2.24) is 24.6 Å². The Morgan fingerprint density at radius 2 is 2.17 bits per heavy atom. The number of hydrogen-bond acceptors (Lipinski definition) is 6. The number of aromatic nitrogens is 4. The summed E-state index contributed by atoms with van der Waals surface area (Å²) in [7, 11) is 3.62. The van der Waals surface area contributed by atoms with Crippen LogP contribution in [0.15, 0.2) is 12.3 Å². The lowest BCUT2D eigenvalue weighted by molar-refractivity contribution is -0.00527. The smallest absolute Gasteiger partial charge is 0.258 e. The van der Waals surface area contributed by atoms with Gasteiger partial charge in [0.15, 0.2) is 5.82 Å². The van der Waals surface area contributed by atoms with Crippen molar-refractivity contribution >= 4 is 11.7 Å². The molecule has 0 aromatic carbocycles. The average Bonchev–Trinajstić information content (AvgIpc) is 2.92. The summed E-state index contributed by atoms with van der Waals surface area (Å²) in [5, 5.41) is 7.29. The van der Waals surface area contributed by atoms with Gasteiger partial charge < -0.3 is 15.0 Å². The van der Waals surface area contributed by atoms with Crippen molar-refractivity contribution in [3.05, 3.63) is 35.0 Å². The van der Waals surface area contributed by atoms with Gasteiger partial charge in [-0.2, -0.15) is 5.10 Å². The molecular formula is C16H22N6O2. The van der Waals surface area contributed by atoms with Gasteiger partial charge in [0.2, 0.25) is 0 Å². The van der Waals surface area contributed by atoms with Crippen LogP contribution in [0.2, 0.25) is 0 Å². The van der Waals surface area contributed by atoms with Gasteiger partial charge in [0.05, 0.1) is 24.5 Å². The SMILES string of the molecule is CNc1cc(C)nc([C@H]2COCCN2C(=O)c2cn(C)nc2C)n1. The zero-order valence-corrected chi connectivity index (χ0v) is 14.4. The van der Waals surface area contributed by atoms with Crippen molar-refractivity contribution in [2.45, 2.75) is 19.9 Å². The topological polar surface area (TPSA) is 85.2 Å². The number of morpholine rings is 1. The Bertz CT molecular complexity index is 757. The van der Waals surface area contributed by atoms with E-state index in [2.05, 4.69) is 20.4 Å². The Morgan fingerprint density at radius 3 is 2.83 bits per heavy atom. The number of ether oxygens (including phenoxy) is 1. The molecule has 0 bridgehead atoms. The molecule has 1 aliphatic heterocycles. The summed E-state index contributed by atoms with van der Waals surface area (Å²) in [6.45, 7) is 5.14. The van der Waals surface area contributed by atoms with E-state index in [1.807, 2.05) is 34.0 Å². The van der Waals surface area contributed by atoms with Crippen molar-refractivity contribution in [3.63, 3.8) is 0 Å². The standard InChI is InChI=1S/C16H22N6O2/c1-10-7-14(17-3)19-15(18-10)13-9-24-6-5-22(13)16(23)12-8-21(4)20-11(12)2/h7-8,13H,5-6,9H2,1-4H3,(H,17,18,19)/t13-/m1/s1. The molecule has 0 unspecified atom stereocenters. The van der Waals surface area contributed by atoms with Crippen LogP contribution in [-0.2, 0) is 11.8 Å². The van der Waals surface area contributed by atoms with E-state index >= 15 is 0 Å². The summed E-state index contributed by atoms with van der Waals surface area (Å²) in [6, 6.07) is 1.56.